The van der Waals surface area contributed by atoms with E-state index in [2.05, 4.69) is 17.1 Å². The molecule has 0 aliphatic carbocycles. The second kappa shape index (κ2) is 3.40. The Balaban J connectivity index is 2.42. The Bertz CT molecular complexity index is 376. The molecule has 0 spiro atoms. The van der Waals surface area contributed by atoms with Gasteiger partial charge in [0.25, 0.3) is 0 Å². The van der Waals surface area contributed by atoms with E-state index in [1.807, 2.05) is 43.5 Å². The summed E-state index contributed by atoms with van der Waals surface area (Å²) in [5, 5.41) is 0. The topological polar surface area (TPSA) is 12.9 Å². The second-order valence-electron chi connectivity index (χ2n) is 3.01. The van der Waals surface area contributed by atoms with Crippen LogP contribution in [0.25, 0.3) is 11.3 Å². The number of nitrogens with zero attached hydrogens (tertiary/aromatic N) is 1. The summed E-state index contributed by atoms with van der Waals surface area (Å²) >= 11 is 0. The number of aromatic nitrogens is 1. The Labute approximate surface area is 78.1 Å². The number of pyridine rings is 1. The van der Waals surface area contributed by atoms with Crippen molar-refractivity contribution in [3.63, 3.8) is 0 Å². The van der Waals surface area contributed by atoms with Gasteiger partial charge >= 0.3 is 0 Å². The Morgan fingerprint density at radius 1 is 1.08 bits per heavy atom. The van der Waals surface area contributed by atoms with Gasteiger partial charge in [-0.1, -0.05) is 30.3 Å². The SMILES string of the molecule is Cc1ccc(-c2cc[c]cc2)nc1. The third-order valence-electron chi connectivity index (χ3n) is 1.93. The molecule has 0 saturated heterocycles. The third-order valence-corrected chi connectivity index (χ3v) is 1.93. The summed E-state index contributed by atoms with van der Waals surface area (Å²) in [6, 6.07) is 14.9. The van der Waals surface area contributed by atoms with Gasteiger partial charge in [0.05, 0.1) is 5.69 Å². The van der Waals surface area contributed by atoms with Crippen molar-refractivity contribution in [3.8, 4) is 11.3 Å². The predicted octanol–water partition coefficient (Wildman–Crippen LogP) is 2.86. The smallest absolute Gasteiger partial charge is 0.0702 e. The Kier molecular flexibility index (Phi) is 2.09. The average molecular weight is 168 g/mol. The highest BCUT2D eigenvalue weighted by molar-refractivity contribution is 5.58. The Morgan fingerprint density at radius 3 is 2.46 bits per heavy atom. The third kappa shape index (κ3) is 1.75. The molecule has 0 amide bonds. The molecule has 0 aliphatic rings. The van der Waals surface area contributed by atoms with Crippen LogP contribution in [0, 0.1) is 13.0 Å². The van der Waals surface area contributed by atoms with Crippen LogP contribution in [0.5, 0.6) is 0 Å². The van der Waals surface area contributed by atoms with Crippen molar-refractivity contribution in [2.75, 3.05) is 0 Å². The average Bonchev–Trinajstić information content (AvgIpc) is 2.20. The van der Waals surface area contributed by atoms with E-state index >= 15 is 0 Å². The van der Waals surface area contributed by atoms with E-state index in [0.717, 1.165) is 11.3 Å². The highest BCUT2D eigenvalue weighted by Crippen LogP contribution is 2.15. The maximum Gasteiger partial charge on any atom is 0.0702 e. The van der Waals surface area contributed by atoms with Crippen LogP contribution in [-0.2, 0) is 0 Å². The van der Waals surface area contributed by atoms with E-state index < -0.39 is 0 Å². The highest BCUT2D eigenvalue weighted by atomic mass is 14.7. The van der Waals surface area contributed by atoms with Crippen LogP contribution in [-0.4, -0.2) is 4.98 Å². The van der Waals surface area contributed by atoms with Crippen LogP contribution in [0.1, 0.15) is 5.56 Å². The van der Waals surface area contributed by atoms with Gasteiger partial charge in [-0.15, -0.1) is 0 Å². The molecule has 0 saturated carbocycles. The van der Waals surface area contributed by atoms with Crippen molar-refractivity contribution < 1.29 is 0 Å². The molecule has 63 valence electrons. The normalized spacial score (nSPS) is 9.92. The molecule has 13 heavy (non-hydrogen) atoms. The highest BCUT2D eigenvalue weighted by Gasteiger charge is 1.95. The van der Waals surface area contributed by atoms with Gasteiger partial charge in [0.15, 0.2) is 0 Å². The predicted molar refractivity (Wildman–Crippen MR) is 53.2 cm³/mol. The number of hydrogen-bond donors (Lipinski definition) is 0. The lowest BCUT2D eigenvalue weighted by Gasteiger charge is -1.99. The maximum absolute atomic E-state index is 4.33. The molecule has 1 aromatic carbocycles. The fourth-order valence-corrected chi connectivity index (χ4v) is 1.20. The zero-order valence-electron chi connectivity index (χ0n) is 7.49. The molecule has 1 heterocycles. The maximum atomic E-state index is 4.33. The van der Waals surface area contributed by atoms with Gasteiger partial charge in [0.2, 0.25) is 0 Å². The van der Waals surface area contributed by atoms with Gasteiger partial charge in [-0.25, -0.2) is 0 Å². The first-order chi connectivity index (χ1) is 6.36. The molecule has 0 atom stereocenters. The Hall–Kier alpha value is -1.63. The van der Waals surface area contributed by atoms with Crippen molar-refractivity contribution in [3.05, 3.63) is 54.2 Å². The van der Waals surface area contributed by atoms with Crippen molar-refractivity contribution in [1.82, 2.24) is 4.98 Å². The van der Waals surface area contributed by atoms with Crippen LogP contribution in [0.3, 0.4) is 0 Å². The lowest BCUT2D eigenvalue weighted by molar-refractivity contribution is 1.27. The summed E-state index contributed by atoms with van der Waals surface area (Å²) in [6.07, 6.45) is 1.88. The first-order valence-electron chi connectivity index (χ1n) is 4.25. The molecule has 2 rings (SSSR count). The molecule has 0 bridgehead atoms. The monoisotopic (exact) mass is 168 g/mol. The van der Waals surface area contributed by atoms with Gasteiger partial charge < -0.3 is 0 Å². The summed E-state index contributed by atoms with van der Waals surface area (Å²) in [5.41, 5.74) is 3.34. The molecular formula is C12H10N. The van der Waals surface area contributed by atoms with Crippen LogP contribution in [0.15, 0.2) is 42.6 Å². The molecule has 0 aliphatic heterocycles. The standard InChI is InChI=1S/C12H10N/c1-10-7-8-12(13-9-10)11-5-3-2-4-6-11/h3-9H,1H3. The fourth-order valence-electron chi connectivity index (χ4n) is 1.20. The molecule has 2 aromatic rings. The van der Waals surface area contributed by atoms with Gasteiger partial charge in [-0.2, -0.15) is 0 Å². The molecular weight excluding hydrogens is 158 g/mol. The van der Waals surface area contributed by atoms with Gasteiger partial charge in [0.1, 0.15) is 0 Å². The number of hydrogen-bond acceptors (Lipinski definition) is 1. The summed E-state index contributed by atoms with van der Waals surface area (Å²) < 4.78 is 0. The molecule has 1 nitrogen and oxygen atoms in total. The molecule has 0 fully saturated rings. The molecule has 1 aromatic heterocycles. The first kappa shape index (κ1) is 7.99. The molecule has 0 N–H and O–H groups in total. The largest absolute Gasteiger partial charge is 0.256 e. The lowest BCUT2D eigenvalue weighted by Crippen LogP contribution is -1.82. The van der Waals surface area contributed by atoms with E-state index in [1.54, 1.807) is 0 Å². The van der Waals surface area contributed by atoms with E-state index in [-0.39, 0.29) is 0 Å². The molecule has 1 heteroatoms. The number of rotatable bonds is 1. The summed E-state index contributed by atoms with van der Waals surface area (Å²) in [6.45, 7) is 2.04. The molecule has 1 radical (unpaired) electrons. The summed E-state index contributed by atoms with van der Waals surface area (Å²) in [7, 11) is 0. The van der Waals surface area contributed by atoms with Crippen molar-refractivity contribution in [1.29, 1.82) is 0 Å². The van der Waals surface area contributed by atoms with Crippen LogP contribution < -0.4 is 0 Å². The van der Waals surface area contributed by atoms with Crippen molar-refractivity contribution in [2.24, 2.45) is 0 Å². The zero-order chi connectivity index (χ0) is 9.10. The minimum Gasteiger partial charge on any atom is -0.256 e. The van der Waals surface area contributed by atoms with Gasteiger partial charge in [0, 0.05) is 11.8 Å². The quantitative estimate of drug-likeness (QED) is 0.638. The summed E-state index contributed by atoms with van der Waals surface area (Å²) in [5.74, 6) is 0. The summed E-state index contributed by atoms with van der Waals surface area (Å²) in [4.78, 5) is 4.33. The minimum atomic E-state index is 1.01. The first-order valence-corrected chi connectivity index (χ1v) is 4.25. The van der Waals surface area contributed by atoms with Crippen LogP contribution >= 0.6 is 0 Å². The van der Waals surface area contributed by atoms with Crippen LogP contribution in [0.2, 0.25) is 0 Å². The van der Waals surface area contributed by atoms with Gasteiger partial charge in [-0.05, 0) is 24.6 Å². The van der Waals surface area contributed by atoms with E-state index in [0.29, 0.717) is 0 Å². The van der Waals surface area contributed by atoms with Crippen LogP contribution in [0.4, 0.5) is 0 Å². The zero-order valence-corrected chi connectivity index (χ0v) is 7.49. The minimum absolute atomic E-state index is 1.01. The van der Waals surface area contributed by atoms with E-state index in [9.17, 15) is 0 Å². The van der Waals surface area contributed by atoms with Crippen molar-refractivity contribution in [2.45, 2.75) is 6.92 Å². The molecule has 0 unspecified atom stereocenters. The fraction of sp³-hybridized carbons (Fsp3) is 0.0833. The van der Waals surface area contributed by atoms with E-state index in [4.69, 9.17) is 0 Å². The second-order valence-corrected chi connectivity index (χ2v) is 3.01. The number of aryl methyl sites for hydroxylation is 1. The Morgan fingerprint density at radius 2 is 1.85 bits per heavy atom. The lowest BCUT2D eigenvalue weighted by atomic mass is 10.1. The van der Waals surface area contributed by atoms with E-state index in [1.165, 1.54) is 5.56 Å². The number of benzene rings is 1. The van der Waals surface area contributed by atoms with Gasteiger partial charge in [-0.3, -0.25) is 4.98 Å². The van der Waals surface area contributed by atoms with Crippen molar-refractivity contribution >= 4 is 0 Å².